The lowest BCUT2D eigenvalue weighted by Crippen LogP contribution is -2.39. The lowest BCUT2D eigenvalue weighted by atomic mass is 10.1. The predicted molar refractivity (Wildman–Crippen MR) is 152 cm³/mol. The standard InChI is InChI=1S/C28H29N3O5S2/c1-3-35-22-13-9-20(10-14-22)29-25(32)18-24-26(33)31(21-11-7-19(8-12-21)27(34)36-4-2)28(37)30(24)16-15-23-6-5-17-38-23/h5-14,17,24H,3-4,15-16,18H2,1-2H3,(H,29,32). The van der Waals surface area contributed by atoms with Gasteiger partial charge in [-0.3, -0.25) is 14.5 Å². The fourth-order valence-electron chi connectivity index (χ4n) is 4.16. The maximum absolute atomic E-state index is 13.6. The molecule has 1 unspecified atom stereocenters. The van der Waals surface area contributed by atoms with Crippen LogP contribution in [-0.4, -0.2) is 53.6 Å². The summed E-state index contributed by atoms with van der Waals surface area (Å²) in [5.74, 6) is -0.301. The summed E-state index contributed by atoms with van der Waals surface area (Å²) in [6.07, 6.45) is 0.631. The van der Waals surface area contributed by atoms with Crippen LogP contribution in [0.15, 0.2) is 66.0 Å². The van der Waals surface area contributed by atoms with Crippen molar-refractivity contribution in [2.75, 3.05) is 30.0 Å². The summed E-state index contributed by atoms with van der Waals surface area (Å²) >= 11 is 7.37. The first-order valence-electron chi connectivity index (χ1n) is 12.4. The molecule has 38 heavy (non-hydrogen) atoms. The molecule has 0 radical (unpaired) electrons. The van der Waals surface area contributed by atoms with Crippen LogP contribution >= 0.6 is 23.6 Å². The second-order valence-corrected chi connectivity index (χ2v) is 9.87. The van der Waals surface area contributed by atoms with Gasteiger partial charge in [-0.1, -0.05) is 6.07 Å². The van der Waals surface area contributed by atoms with Gasteiger partial charge in [-0.2, -0.15) is 0 Å². The number of nitrogens with zero attached hydrogens (tertiary/aromatic N) is 2. The summed E-state index contributed by atoms with van der Waals surface area (Å²) in [7, 11) is 0. The van der Waals surface area contributed by atoms with E-state index in [0.29, 0.717) is 47.4 Å². The number of nitrogens with one attached hydrogen (secondary N) is 1. The van der Waals surface area contributed by atoms with Gasteiger partial charge in [0.05, 0.1) is 30.9 Å². The van der Waals surface area contributed by atoms with Gasteiger partial charge in [0.1, 0.15) is 11.8 Å². The van der Waals surface area contributed by atoms with Crippen molar-refractivity contribution >= 4 is 57.8 Å². The Balaban J connectivity index is 1.52. The number of rotatable bonds is 11. The molecule has 4 rings (SSSR count). The number of anilines is 2. The Hall–Kier alpha value is -3.76. The lowest BCUT2D eigenvalue weighted by molar-refractivity contribution is -0.124. The Morgan fingerprint density at radius 2 is 1.76 bits per heavy atom. The second kappa shape index (κ2) is 12.7. The van der Waals surface area contributed by atoms with Crippen LogP contribution in [0.1, 0.15) is 35.5 Å². The zero-order valence-electron chi connectivity index (χ0n) is 21.2. The number of thiocarbonyl (C=S) groups is 1. The Morgan fingerprint density at radius 1 is 1.03 bits per heavy atom. The van der Waals surface area contributed by atoms with Crippen molar-refractivity contribution < 1.29 is 23.9 Å². The zero-order valence-corrected chi connectivity index (χ0v) is 22.8. The number of esters is 1. The maximum atomic E-state index is 13.6. The molecule has 1 N–H and O–H groups in total. The smallest absolute Gasteiger partial charge is 0.338 e. The Bertz CT molecular complexity index is 1280. The van der Waals surface area contributed by atoms with Crippen LogP contribution in [0, 0.1) is 0 Å². The highest BCUT2D eigenvalue weighted by Gasteiger charge is 2.44. The highest BCUT2D eigenvalue weighted by molar-refractivity contribution is 7.80. The molecule has 2 amide bonds. The molecule has 1 fully saturated rings. The van der Waals surface area contributed by atoms with Crippen LogP contribution < -0.4 is 15.0 Å². The van der Waals surface area contributed by atoms with Gasteiger partial charge in [0, 0.05) is 17.1 Å². The van der Waals surface area contributed by atoms with Crippen molar-refractivity contribution in [1.29, 1.82) is 0 Å². The lowest BCUT2D eigenvalue weighted by Gasteiger charge is -2.23. The van der Waals surface area contributed by atoms with Crippen molar-refractivity contribution in [3.8, 4) is 5.75 Å². The molecule has 2 heterocycles. The number of ether oxygens (including phenoxy) is 2. The first kappa shape index (κ1) is 27.3. The Kier molecular flexibility index (Phi) is 9.09. The van der Waals surface area contributed by atoms with E-state index in [1.54, 1.807) is 66.8 Å². The molecule has 0 bridgehead atoms. The molecule has 0 aliphatic carbocycles. The second-order valence-electron chi connectivity index (χ2n) is 8.47. The van der Waals surface area contributed by atoms with Crippen molar-refractivity contribution in [2.45, 2.75) is 32.7 Å². The van der Waals surface area contributed by atoms with Crippen molar-refractivity contribution in [1.82, 2.24) is 4.90 Å². The van der Waals surface area contributed by atoms with Crippen LogP contribution in [0.25, 0.3) is 0 Å². The van der Waals surface area contributed by atoms with Crippen LogP contribution in [0.5, 0.6) is 5.75 Å². The molecule has 8 nitrogen and oxygen atoms in total. The van der Waals surface area contributed by atoms with Gasteiger partial charge in [-0.15, -0.1) is 11.3 Å². The molecule has 0 saturated carbocycles. The molecule has 1 aromatic heterocycles. The van der Waals surface area contributed by atoms with Gasteiger partial charge >= 0.3 is 5.97 Å². The van der Waals surface area contributed by atoms with E-state index in [0.717, 1.165) is 4.88 Å². The summed E-state index contributed by atoms with van der Waals surface area (Å²) in [6.45, 7) is 4.96. The number of hydrogen-bond acceptors (Lipinski definition) is 7. The number of amides is 2. The van der Waals surface area contributed by atoms with Gasteiger partial charge in [-0.05, 0) is 92.5 Å². The van der Waals surface area contributed by atoms with Gasteiger partial charge in [0.15, 0.2) is 5.11 Å². The first-order chi connectivity index (χ1) is 18.4. The average molecular weight is 552 g/mol. The van der Waals surface area contributed by atoms with Gasteiger partial charge in [0.25, 0.3) is 5.91 Å². The van der Waals surface area contributed by atoms with Gasteiger partial charge < -0.3 is 19.7 Å². The topological polar surface area (TPSA) is 88.2 Å². The molecule has 1 atom stereocenters. The Morgan fingerprint density at radius 3 is 2.39 bits per heavy atom. The monoisotopic (exact) mass is 551 g/mol. The molecule has 198 valence electrons. The SMILES string of the molecule is CCOC(=O)c1ccc(N2C(=O)C(CC(=O)Nc3ccc(OCC)cc3)N(CCc3cccs3)C2=S)cc1. The fraction of sp³-hybridized carbons (Fsp3) is 0.286. The Labute approximate surface area is 231 Å². The molecule has 10 heteroatoms. The van der Waals surface area contributed by atoms with E-state index in [1.165, 1.54) is 4.90 Å². The average Bonchev–Trinajstić information content (AvgIpc) is 3.51. The molecule has 2 aromatic carbocycles. The van der Waals surface area contributed by atoms with Crippen LogP contribution in [0.4, 0.5) is 11.4 Å². The molecular formula is C28H29N3O5S2. The van der Waals surface area contributed by atoms with Crippen molar-refractivity contribution in [2.24, 2.45) is 0 Å². The summed E-state index contributed by atoms with van der Waals surface area (Å²) in [5, 5.41) is 5.20. The molecule has 1 aliphatic heterocycles. The quantitative estimate of drug-likeness (QED) is 0.268. The third-order valence-electron chi connectivity index (χ3n) is 5.96. The number of carbonyl (C=O) groups excluding carboxylic acids is 3. The number of thiophene rings is 1. The maximum Gasteiger partial charge on any atom is 0.338 e. The van der Waals surface area contributed by atoms with Gasteiger partial charge in [-0.25, -0.2) is 4.79 Å². The number of benzene rings is 2. The van der Waals surface area contributed by atoms with E-state index >= 15 is 0 Å². The normalized spacial score (nSPS) is 15.1. The number of hydrogen-bond donors (Lipinski definition) is 1. The molecule has 1 aliphatic rings. The number of carbonyl (C=O) groups is 3. The fourth-order valence-corrected chi connectivity index (χ4v) is 5.27. The minimum Gasteiger partial charge on any atom is -0.494 e. The van der Waals surface area contributed by atoms with E-state index in [4.69, 9.17) is 21.7 Å². The van der Waals surface area contributed by atoms with Crippen molar-refractivity contribution in [3.63, 3.8) is 0 Å². The third-order valence-corrected chi connectivity index (χ3v) is 7.32. The van der Waals surface area contributed by atoms with Crippen LogP contribution in [0.2, 0.25) is 0 Å². The van der Waals surface area contributed by atoms with Crippen molar-refractivity contribution in [3.05, 3.63) is 76.5 Å². The molecule has 3 aromatic rings. The van der Waals surface area contributed by atoms with E-state index < -0.39 is 12.0 Å². The summed E-state index contributed by atoms with van der Waals surface area (Å²) in [5.41, 5.74) is 1.53. The minimum absolute atomic E-state index is 0.0615. The molecular weight excluding hydrogens is 522 g/mol. The predicted octanol–water partition coefficient (Wildman–Crippen LogP) is 4.90. The first-order valence-corrected chi connectivity index (χ1v) is 13.7. The van der Waals surface area contributed by atoms with E-state index in [1.807, 2.05) is 29.3 Å². The minimum atomic E-state index is -0.755. The highest BCUT2D eigenvalue weighted by atomic mass is 32.1. The molecule has 0 spiro atoms. The largest absolute Gasteiger partial charge is 0.494 e. The zero-order chi connectivity index (χ0) is 27.1. The van der Waals surface area contributed by atoms with E-state index in [9.17, 15) is 14.4 Å². The summed E-state index contributed by atoms with van der Waals surface area (Å²) < 4.78 is 10.5. The summed E-state index contributed by atoms with van der Waals surface area (Å²) in [4.78, 5) is 43.1. The molecule has 1 saturated heterocycles. The van der Waals surface area contributed by atoms with Crippen LogP contribution in [0.3, 0.4) is 0 Å². The van der Waals surface area contributed by atoms with Gasteiger partial charge in [0.2, 0.25) is 5.91 Å². The van der Waals surface area contributed by atoms with E-state index in [2.05, 4.69) is 5.32 Å². The third kappa shape index (κ3) is 6.38. The van der Waals surface area contributed by atoms with E-state index in [-0.39, 0.29) is 24.8 Å². The highest BCUT2D eigenvalue weighted by Crippen LogP contribution is 2.29. The summed E-state index contributed by atoms with van der Waals surface area (Å²) in [6, 6.07) is 16.9. The van der Waals surface area contributed by atoms with Crippen LogP contribution in [-0.2, 0) is 20.7 Å².